The van der Waals surface area contributed by atoms with Crippen LogP contribution in [0.3, 0.4) is 0 Å². The summed E-state index contributed by atoms with van der Waals surface area (Å²) >= 11 is 0. The maximum Gasteiger partial charge on any atom is 0.460 e. The molecule has 0 atom stereocenters. The molecule has 0 bridgehead atoms. The van der Waals surface area contributed by atoms with Crippen LogP contribution in [0.25, 0.3) is 11.3 Å². The highest BCUT2D eigenvalue weighted by Gasteiger charge is 2.88. The Morgan fingerprint density at radius 3 is 1.71 bits per heavy atom. The van der Waals surface area contributed by atoms with E-state index in [9.17, 15) is 53.1 Å². The summed E-state index contributed by atoms with van der Waals surface area (Å²) in [6, 6.07) is 10.2. The lowest BCUT2D eigenvalue weighted by molar-refractivity contribution is -0.416. The lowest BCUT2D eigenvalue weighted by atomic mass is 9.93. The minimum Gasteiger partial charge on any atom is -0.292 e. The standard InChI is InChI=1S/C18H10F11NO/c19-14(20,15(21,22)16(23,24)17(25,26)18(27,28)29)13(31)8-10-6-7-12(30-9-10)11-4-2-1-3-5-11/h1-7,9H,8H2. The summed E-state index contributed by atoms with van der Waals surface area (Å²) in [5, 5.41) is 0. The largest absolute Gasteiger partial charge is 0.460 e. The quantitative estimate of drug-likeness (QED) is 0.473. The minimum atomic E-state index is -7.62. The fraction of sp³-hybridized carbons (Fsp3) is 0.333. The average molecular weight is 465 g/mol. The molecule has 0 aliphatic heterocycles. The molecule has 1 aromatic heterocycles. The zero-order valence-electron chi connectivity index (χ0n) is 14.8. The first kappa shape index (κ1) is 24.5. The highest BCUT2D eigenvalue weighted by atomic mass is 19.4. The molecule has 0 saturated heterocycles. The summed E-state index contributed by atoms with van der Waals surface area (Å²) in [5.74, 6) is -32.1. The average Bonchev–Trinajstić information content (AvgIpc) is 2.67. The van der Waals surface area contributed by atoms with Crippen LogP contribution in [-0.2, 0) is 11.2 Å². The van der Waals surface area contributed by atoms with E-state index in [4.69, 9.17) is 0 Å². The number of halogens is 11. The van der Waals surface area contributed by atoms with E-state index in [1.165, 1.54) is 6.07 Å². The molecule has 0 fully saturated rings. The van der Waals surface area contributed by atoms with E-state index >= 15 is 0 Å². The van der Waals surface area contributed by atoms with Crippen LogP contribution in [-0.4, -0.2) is 40.6 Å². The number of hydrogen-bond donors (Lipinski definition) is 0. The SMILES string of the molecule is O=C(Cc1ccc(-c2ccccc2)nc1)C(F)(F)C(F)(F)C(F)(F)C(F)(F)C(F)(F)F. The monoisotopic (exact) mass is 465 g/mol. The first-order valence-corrected chi connectivity index (χ1v) is 8.08. The Balaban J connectivity index is 2.29. The number of benzene rings is 1. The normalized spacial score (nSPS) is 13.9. The van der Waals surface area contributed by atoms with Gasteiger partial charge in [0.2, 0.25) is 5.78 Å². The van der Waals surface area contributed by atoms with Gasteiger partial charge in [0.25, 0.3) is 0 Å². The summed E-state index contributed by atoms with van der Waals surface area (Å²) in [6.45, 7) is 0. The van der Waals surface area contributed by atoms with Crippen LogP contribution in [0, 0.1) is 0 Å². The summed E-state index contributed by atoms with van der Waals surface area (Å²) in [4.78, 5) is 15.3. The van der Waals surface area contributed by atoms with Gasteiger partial charge in [-0.05, 0) is 11.6 Å². The van der Waals surface area contributed by atoms with Gasteiger partial charge in [-0.1, -0.05) is 36.4 Å². The van der Waals surface area contributed by atoms with Gasteiger partial charge in [-0.15, -0.1) is 0 Å². The fourth-order valence-corrected chi connectivity index (χ4v) is 2.35. The molecule has 2 aromatic rings. The maximum atomic E-state index is 13.7. The Labute approximate surface area is 166 Å². The summed E-state index contributed by atoms with van der Waals surface area (Å²) in [5.41, 5.74) is 0.294. The number of ketones is 1. The van der Waals surface area contributed by atoms with Gasteiger partial charge in [0.1, 0.15) is 0 Å². The van der Waals surface area contributed by atoms with Crippen molar-refractivity contribution in [2.24, 2.45) is 0 Å². The van der Waals surface area contributed by atoms with E-state index < -0.39 is 47.6 Å². The van der Waals surface area contributed by atoms with Crippen LogP contribution in [0.2, 0.25) is 0 Å². The Hall–Kier alpha value is -2.73. The number of pyridine rings is 1. The minimum absolute atomic E-state index is 0.255. The third-order valence-corrected chi connectivity index (χ3v) is 4.15. The summed E-state index contributed by atoms with van der Waals surface area (Å²) < 4.78 is 143. The van der Waals surface area contributed by atoms with Crippen LogP contribution in [0.1, 0.15) is 5.56 Å². The Kier molecular flexibility index (Phi) is 6.14. The van der Waals surface area contributed by atoms with Crippen LogP contribution < -0.4 is 0 Å². The molecule has 170 valence electrons. The van der Waals surface area contributed by atoms with Crippen molar-refractivity contribution in [3.05, 3.63) is 54.2 Å². The number of nitrogens with zero attached hydrogens (tertiary/aromatic N) is 1. The van der Waals surface area contributed by atoms with Crippen molar-refractivity contribution in [3.8, 4) is 11.3 Å². The van der Waals surface area contributed by atoms with E-state index in [-0.39, 0.29) is 5.69 Å². The van der Waals surface area contributed by atoms with E-state index in [0.717, 1.165) is 12.3 Å². The first-order chi connectivity index (χ1) is 14.0. The third kappa shape index (κ3) is 4.09. The van der Waals surface area contributed by atoms with E-state index in [0.29, 0.717) is 5.56 Å². The van der Waals surface area contributed by atoms with Crippen molar-refractivity contribution in [2.45, 2.75) is 36.3 Å². The molecule has 0 amide bonds. The molecule has 0 unspecified atom stereocenters. The summed E-state index contributed by atoms with van der Waals surface area (Å²) in [6.07, 6.45) is -8.20. The molecule has 0 saturated carbocycles. The number of Topliss-reactive ketones (excluding diaryl/α,β-unsaturated/α-hetero) is 1. The van der Waals surface area contributed by atoms with Crippen LogP contribution in [0.15, 0.2) is 48.7 Å². The molecule has 31 heavy (non-hydrogen) atoms. The zero-order chi connectivity index (χ0) is 23.9. The lowest BCUT2D eigenvalue weighted by Crippen LogP contribution is -2.68. The van der Waals surface area contributed by atoms with Gasteiger partial charge in [0.05, 0.1) is 5.69 Å². The van der Waals surface area contributed by atoms with Crippen molar-refractivity contribution in [2.75, 3.05) is 0 Å². The van der Waals surface area contributed by atoms with Gasteiger partial charge in [-0.2, -0.15) is 48.3 Å². The molecule has 0 aliphatic carbocycles. The van der Waals surface area contributed by atoms with Crippen LogP contribution in [0.4, 0.5) is 48.3 Å². The number of rotatable bonds is 7. The number of hydrogen-bond acceptors (Lipinski definition) is 2. The van der Waals surface area contributed by atoms with Gasteiger partial charge in [0, 0.05) is 18.2 Å². The lowest BCUT2D eigenvalue weighted by Gasteiger charge is -2.36. The molecule has 1 heterocycles. The molecule has 0 radical (unpaired) electrons. The smallest absolute Gasteiger partial charge is 0.292 e. The predicted octanol–water partition coefficient (Wildman–Crippen LogP) is 5.96. The van der Waals surface area contributed by atoms with Gasteiger partial charge in [0.15, 0.2) is 0 Å². The molecule has 0 aliphatic rings. The van der Waals surface area contributed by atoms with Crippen LogP contribution in [0.5, 0.6) is 0 Å². The van der Waals surface area contributed by atoms with Gasteiger partial charge in [-0.3, -0.25) is 9.78 Å². The van der Waals surface area contributed by atoms with Gasteiger partial charge < -0.3 is 0 Å². The number of aromatic nitrogens is 1. The molecule has 0 spiro atoms. The van der Waals surface area contributed by atoms with Crippen molar-refractivity contribution in [1.82, 2.24) is 4.98 Å². The predicted molar refractivity (Wildman–Crippen MR) is 84.2 cm³/mol. The highest BCUT2D eigenvalue weighted by Crippen LogP contribution is 2.57. The second kappa shape index (κ2) is 7.75. The van der Waals surface area contributed by atoms with E-state index in [2.05, 4.69) is 4.98 Å². The number of carbonyl (C=O) groups is 1. The Morgan fingerprint density at radius 1 is 0.710 bits per heavy atom. The third-order valence-electron chi connectivity index (χ3n) is 4.15. The molecule has 2 rings (SSSR count). The topological polar surface area (TPSA) is 30.0 Å². The van der Waals surface area contributed by atoms with Gasteiger partial charge >= 0.3 is 29.9 Å². The molecule has 0 N–H and O–H groups in total. The Bertz CT molecular complexity index is 922. The molecular weight excluding hydrogens is 455 g/mol. The number of alkyl halides is 11. The molecular formula is C18H10F11NO. The molecule has 1 aromatic carbocycles. The number of carbonyl (C=O) groups excluding carboxylic acids is 1. The first-order valence-electron chi connectivity index (χ1n) is 8.08. The van der Waals surface area contributed by atoms with Crippen molar-refractivity contribution in [3.63, 3.8) is 0 Å². The highest BCUT2D eigenvalue weighted by molar-refractivity contribution is 5.89. The van der Waals surface area contributed by atoms with E-state index in [1.807, 2.05) is 0 Å². The van der Waals surface area contributed by atoms with E-state index in [1.54, 1.807) is 30.3 Å². The van der Waals surface area contributed by atoms with Crippen molar-refractivity contribution >= 4 is 5.78 Å². The second-order valence-corrected chi connectivity index (χ2v) is 6.31. The molecule has 2 nitrogen and oxygen atoms in total. The summed E-state index contributed by atoms with van der Waals surface area (Å²) in [7, 11) is 0. The zero-order valence-corrected chi connectivity index (χ0v) is 14.8. The second-order valence-electron chi connectivity index (χ2n) is 6.31. The van der Waals surface area contributed by atoms with Crippen LogP contribution >= 0.6 is 0 Å². The fourth-order valence-electron chi connectivity index (χ4n) is 2.35. The maximum absolute atomic E-state index is 13.7. The Morgan fingerprint density at radius 2 is 1.26 bits per heavy atom. The van der Waals surface area contributed by atoms with Gasteiger partial charge in [-0.25, -0.2) is 0 Å². The van der Waals surface area contributed by atoms with Crippen molar-refractivity contribution in [1.29, 1.82) is 0 Å². The molecule has 13 heteroatoms. The van der Waals surface area contributed by atoms with Crippen molar-refractivity contribution < 1.29 is 53.1 Å².